The zero-order valence-electron chi connectivity index (χ0n) is 26.1. The number of esters is 2. The second-order valence-corrected chi connectivity index (χ2v) is 11.5. The van der Waals surface area contributed by atoms with E-state index in [0.29, 0.717) is 51.7 Å². The molecule has 0 fully saturated rings. The molecule has 0 heterocycles. The topological polar surface area (TPSA) is 127 Å². The van der Waals surface area contributed by atoms with Crippen LogP contribution in [0.5, 0.6) is 0 Å². The van der Waals surface area contributed by atoms with Crippen molar-refractivity contribution in [1.82, 2.24) is 0 Å². The van der Waals surface area contributed by atoms with Crippen LogP contribution in [0.1, 0.15) is 156 Å². The van der Waals surface area contributed by atoms with Crippen molar-refractivity contribution >= 4 is 23.9 Å². The summed E-state index contributed by atoms with van der Waals surface area (Å²) in [6.07, 6.45) is 17.6. The predicted molar refractivity (Wildman–Crippen MR) is 159 cm³/mol. The second-order valence-electron chi connectivity index (χ2n) is 11.5. The number of carboxylic acids is 2. The quantitative estimate of drug-likeness (QED) is 0.0782. The third kappa shape index (κ3) is 38.0. The van der Waals surface area contributed by atoms with Gasteiger partial charge in [0.05, 0.1) is 13.2 Å². The van der Waals surface area contributed by atoms with Crippen LogP contribution in [-0.2, 0) is 28.7 Å². The molecule has 236 valence electrons. The Bertz CT molecular complexity index is 576. The molecule has 0 aromatic carbocycles. The van der Waals surface area contributed by atoms with Gasteiger partial charge in [-0.2, -0.15) is 0 Å². The van der Waals surface area contributed by atoms with Crippen LogP contribution in [0.4, 0.5) is 0 Å². The van der Waals surface area contributed by atoms with E-state index in [1.165, 1.54) is 51.4 Å². The Hall–Kier alpha value is -2.12. The predicted octanol–water partition coefficient (Wildman–Crippen LogP) is 8.34. The van der Waals surface area contributed by atoms with Crippen LogP contribution in [0.2, 0.25) is 0 Å². The molecule has 0 rings (SSSR count). The molecule has 0 spiro atoms. The van der Waals surface area contributed by atoms with E-state index in [1.807, 2.05) is 0 Å². The monoisotopic (exact) mass is 572 g/mol. The number of ether oxygens (including phenoxy) is 2. The fraction of sp³-hybridized carbons (Fsp3) is 0.875. The van der Waals surface area contributed by atoms with E-state index < -0.39 is 11.9 Å². The van der Waals surface area contributed by atoms with Crippen LogP contribution in [0.25, 0.3) is 0 Å². The van der Waals surface area contributed by atoms with E-state index in [2.05, 4.69) is 27.7 Å². The molecule has 0 aromatic heterocycles. The molecular weight excluding hydrogens is 512 g/mol. The summed E-state index contributed by atoms with van der Waals surface area (Å²) in [5, 5.41) is 16.3. The zero-order valence-corrected chi connectivity index (χ0v) is 26.1. The third-order valence-electron chi connectivity index (χ3n) is 6.42. The van der Waals surface area contributed by atoms with Gasteiger partial charge in [-0.1, -0.05) is 91.9 Å². The van der Waals surface area contributed by atoms with Crippen LogP contribution < -0.4 is 0 Å². The molecule has 8 heteroatoms. The maximum Gasteiger partial charge on any atom is 0.305 e. The van der Waals surface area contributed by atoms with Crippen molar-refractivity contribution < 1.29 is 38.9 Å². The standard InChI is InChI=1S/C26H50O4.C6H10O4/c1-23(2)17-11-7-5-9-15-21-29-25(27)19-13-14-20-26(28)30-22-16-10-6-8-12-18-24(3)4;7-5(8)3-1-2-4-6(9)10/h23-24H,5-22H2,1-4H3;1-4H2,(H,7,8)(H,9,10). The summed E-state index contributed by atoms with van der Waals surface area (Å²) in [5.74, 6) is -0.429. The summed E-state index contributed by atoms with van der Waals surface area (Å²) in [6, 6.07) is 0. The molecular formula is C32H60O8. The summed E-state index contributed by atoms with van der Waals surface area (Å²) in [5.41, 5.74) is 0. The van der Waals surface area contributed by atoms with E-state index in [4.69, 9.17) is 19.7 Å². The van der Waals surface area contributed by atoms with Crippen molar-refractivity contribution in [2.24, 2.45) is 11.8 Å². The molecule has 0 aliphatic carbocycles. The fourth-order valence-corrected chi connectivity index (χ4v) is 3.98. The van der Waals surface area contributed by atoms with Gasteiger partial charge in [0, 0.05) is 25.7 Å². The Morgan fingerprint density at radius 2 is 0.750 bits per heavy atom. The molecule has 8 nitrogen and oxygen atoms in total. The molecule has 0 atom stereocenters. The Labute approximate surface area is 244 Å². The van der Waals surface area contributed by atoms with Crippen molar-refractivity contribution in [3.63, 3.8) is 0 Å². The highest BCUT2D eigenvalue weighted by atomic mass is 16.5. The Morgan fingerprint density at radius 1 is 0.450 bits per heavy atom. The first-order valence-corrected chi connectivity index (χ1v) is 15.8. The lowest BCUT2D eigenvalue weighted by atomic mass is 10.0. The van der Waals surface area contributed by atoms with Crippen LogP contribution in [0.3, 0.4) is 0 Å². The van der Waals surface area contributed by atoms with E-state index in [9.17, 15) is 19.2 Å². The summed E-state index contributed by atoms with van der Waals surface area (Å²) >= 11 is 0. The molecule has 0 radical (unpaired) electrons. The maximum absolute atomic E-state index is 11.7. The lowest BCUT2D eigenvalue weighted by Crippen LogP contribution is -2.08. The number of aliphatic carboxylic acids is 2. The Morgan fingerprint density at radius 3 is 1.07 bits per heavy atom. The summed E-state index contributed by atoms with van der Waals surface area (Å²) < 4.78 is 10.5. The van der Waals surface area contributed by atoms with E-state index in [0.717, 1.165) is 37.5 Å². The largest absolute Gasteiger partial charge is 0.481 e. The van der Waals surface area contributed by atoms with Crippen molar-refractivity contribution in [1.29, 1.82) is 0 Å². The lowest BCUT2D eigenvalue weighted by molar-refractivity contribution is -0.146. The summed E-state index contributed by atoms with van der Waals surface area (Å²) in [6.45, 7) is 10.1. The summed E-state index contributed by atoms with van der Waals surface area (Å²) in [4.78, 5) is 43.2. The van der Waals surface area contributed by atoms with Gasteiger partial charge in [-0.05, 0) is 50.4 Å². The van der Waals surface area contributed by atoms with Crippen LogP contribution in [0, 0.1) is 11.8 Å². The van der Waals surface area contributed by atoms with Gasteiger partial charge in [0.15, 0.2) is 0 Å². The number of unbranched alkanes of at least 4 members (excludes halogenated alkanes) is 10. The smallest absolute Gasteiger partial charge is 0.305 e. The first-order valence-electron chi connectivity index (χ1n) is 15.8. The minimum atomic E-state index is -0.870. The fourth-order valence-electron chi connectivity index (χ4n) is 3.98. The van der Waals surface area contributed by atoms with Gasteiger partial charge in [0.25, 0.3) is 0 Å². The molecule has 40 heavy (non-hydrogen) atoms. The van der Waals surface area contributed by atoms with Gasteiger partial charge < -0.3 is 19.7 Å². The van der Waals surface area contributed by atoms with Gasteiger partial charge >= 0.3 is 23.9 Å². The molecule has 0 saturated carbocycles. The van der Waals surface area contributed by atoms with Crippen LogP contribution >= 0.6 is 0 Å². The number of rotatable bonds is 26. The average molecular weight is 573 g/mol. The molecule has 0 aliphatic rings. The Balaban J connectivity index is 0. The number of hydrogen-bond acceptors (Lipinski definition) is 6. The highest BCUT2D eigenvalue weighted by molar-refractivity contribution is 5.70. The van der Waals surface area contributed by atoms with Crippen LogP contribution in [0.15, 0.2) is 0 Å². The molecule has 0 bridgehead atoms. The van der Waals surface area contributed by atoms with Gasteiger partial charge in [-0.3, -0.25) is 19.2 Å². The number of carbonyl (C=O) groups excluding carboxylic acids is 2. The van der Waals surface area contributed by atoms with E-state index in [-0.39, 0.29) is 24.8 Å². The van der Waals surface area contributed by atoms with Crippen molar-refractivity contribution in [3.8, 4) is 0 Å². The normalized spacial score (nSPS) is 10.8. The minimum Gasteiger partial charge on any atom is -0.481 e. The van der Waals surface area contributed by atoms with Gasteiger partial charge in [-0.15, -0.1) is 0 Å². The van der Waals surface area contributed by atoms with E-state index >= 15 is 0 Å². The van der Waals surface area contributed by atoms with Gasteiger partial charge in [0.2, 0.25) is 0 Å². The Kier molecular flexibility index (Phi) is 29.9. The average Bonchev–Trinajstić information content (AvgIpc) is 2.87. The van der Waals surface area contributed by atoms with Gasteiger partial charge in [-0.25, -0.2) is 0 Å². The summed E-state index contributed by atoms with van der Waals surface area (Å²) in [7, 11) is 0. The molecule has 0 unspecified atom stereocenters. The lowest BCUT2D eigenvalue weighted by Gasteiger charge is -2.07. The highest BCUT2D eigenvalue weighted by Crippen LogP contribution is 2.12. The van der Waals surface area contributed by atoms with Gasteiger partial charge in [0.1, 0.15) is 0 Å². The molecule has 0 aliphatic heterocycles. The van der Waals surface area contributed by atoms with E-state index in [1.54, 1.807) is 0 Å². The highest BCUT2D eigenvalue weighted by Gasteiger charge is 2.06. The van der Waals surface area contributed by atoms with Crippen molar-refractivity contribution in [2.75, 3.05) is 13.2 Å². The second kappa shape index (κ2) is 29.9. The maximum atomic E-state index is 11.7. The number of hydrogen-bond donors (Lipinski definition) is 2. The first kappa shape index (κ1) is 40.0. The van der Waals surface area contributed by atoms with Crippen molar-refractivity contribution in [2.45, 2.75) is 156 Å². The first-order chi connectivity index (χ1) is 19.0. The molecule has 2 N–H and O–H groups in total. The number of carboxylic acid groups (broad SMARTS) is 2. The molecule has 0 saturated heterocycles. The number of carbonyl (C=O) groups is 4. The third-order valence-corrected chi connectivity index (χ3v) is 6.42. The minimum absolute atomic E-state index is 0.0628. The zero-order chi connectivity index (χ0) is 30.4. The molecule has 0 amide bonds. The van der Waals surface area contributed by atoms with Crippen LogP contribution in [-0.4, -0.2) is 47.3 Å². The SMILES string of the molecule is CC(C)CCCCCCCOC(=O)CCCCC(=O)OCCCCCCCC(C)C.O=C(O)CCCCC(=O)O. The molecule has 0 aromatic rings. The van der Waals surface area contributed by atoms with Crippen molar-refractivity contribution in [3.05, 3.63) is 0 Å².